The van der Waals surface area contributed by atoms with Crippen LogP contribution in [0, 0.1) is 6.92 Å². The van der Waals surface area contributed by atoms with Crippen molar-refractivity contribution in [2.45, 2.75) is 40.3 Å². The van der Waals surface area contributed by atoms with Crippen molar-refractivity contribution in [3.05, 3.63) is 41.0 Å². The average Bonchev–Trinajstić information content (AvgIpc) is 3.01. The van der Waals surface area contributed by atoms with E-state index in [0.717, 1.165) is 43.1 Å². The molecule has 0 amide bonds. The Balaban J connectivity index is 1.81. The van der Waals surface area contributed by atoms with Crippen LogP contribution in [-0.4, -0.2) is 34.6 Å². The van der Waals surface area contributed by atoms with E-state index in [-0.39, 0.29) is 0 Å². The summed E-state index contributed by atoms with van der Waals surface area (Å²) in [4.78, 5) is 10.0. The van der Waals surface area contributed by atoms with Gasteiger partial charge in [-0.25, -0.2) is 4.98 Å². The number of aromatic amines is 1. The first-order chi connectivity index (χ1) is 11.2. The third-order valence-electron chi connectivity index (χ3n) is 4.27. The standard InChI is InChI=1S/C18H25N3O2/c1-4-22-17-7-6-14(18(13(17)3)23-5-2)10-21-9-8-15-16(11-21)20-12-19-15/h6-7,12H,4-5,8-11H2,1-3H3,(H,19,20). The molecule has 0 aliphatic carbocycles. The fraction of sp³-hybridized carbons (Fsp3) is 0.500. The Morgan fingerprint density at radius 2 is 2.04 bits per heavy atom. The molecule has 5 nitrogen and oxygen atoms in total. The van der Waals surface area contributed by atoms with E-state index in [1.54, 1.807) is 6.33 Å². The van der Waals surface area contributed by atoms with Crippen molar-refractivity contribution < 1.29 is 9.47 Å². The van der Waals surface area contributed by atoms with Gasteiger partial charge >= 0.3 is 0 Å². The zero-order valence-corrected chi connectivity index (χ0v) is 14.2. The van der Waals surface area contributed by atoms with Gasteiger partial charge in [0.2, 0.25) is 0 Å². The summed E-state index contributed by atoms with van der Waals surface area (Å²) in [5, 5.41) is 0. The van der Waals surface area contributed by atoms with Crippen molar-refractivity contribution in [1.82, 2.24) is 14.9 Å². The molecule has 0 unspecified atom stereocenters. The van der Waals surface area contributed by atoms with Gasteiger partial charge in [0, 0.05) is 37.2 Å². The van der Waals surface area contributed by atoms with Crippen molar-refractivity contribution in [1.29, 1.82) is 0 Å². The number of hydrogen-bond donors (Lipinski definition) is 1. The van der Waals surface area contributed by atoms with Crippen molar-refractivity contribution in [3.8, 4) is 11.5 Å². The maximum atomic E-state index is 5.92. The van der Waals surface area contributed by atoms with E-state index in [0.29, 0.717) is 13.2 Å². The Morgan fingerprint density at radius 1 is 1.22 bits per heavy atom. The number of nitrogens with zero attached hydrogens (tertiary/aromatic N) is 2. The number of ether oxygens (including phenoxy) is 2. The predicted octanol–water partition coefficient (Wildman–Crippen LogP) is 3.07. The number of aromatic nitrogens is 2. The SMILES string of the molecule is CCOc1ccc(CN2CCc3nc[nH]c3C2)c(OCC)c1C. The van der Waals surface area contributed by atoms with Gasteiger partial charge in [-0.1, -0.05) is 6.07 Å². The van der Waals surface area contributed by atoms with Gasteiger partial charge in [0.1, 0.15) is 11.5 Å². The van der Waals surface area contributed by atoms with E-state index in [2.05, 4.69) is 33.9 Å². The minimum atomic E-state index is 0.661. The Bertz CT molecular complexity index is 666. The van der Waals surface area contributed by atoms with Crippen LogP contribution in [0.5, 0.6) is 11.5 Å². The average molecular weight is 315 g/mol. The molecule has 23 heavy (non-hydrogen) atoms. The fourth-order valence-electron chi connectivity index (χ4n) is 3.16. The summed E-state index contributed by atoms with van der Waals surface area (Å²) < 4.78 is 11.6. The smallest absolute Gasteiger partial charge is 0.130 e. The Labute approximate surface area is 137 Å². The van der Waals surface area contributed by atoms with Gasteiger partial charge in [0.05, 0.1) is 30.9 Å². The lowest BCUT2D eigenvalue weighted by Gasteiger charge is -2.27. The van der Waals surface area contributed by atoms with Gasteiger partial charge in [0.25, 0.3) is 0 Å². The molecule has 124 valence electrons. The van der Waals surface area contributed by atoms with Crippen LogP contribution < -0.4 is 9.47 Å². The second-order valence-electron chi connectivity index (χ2n) is 5.83. The molecule has 0 fully saturated rings. The first-order valence-electron chi connectivity index (χ1n) is 8.34. The van der Waals surface area contributed by atoms with Gasteiger partial charge in [-0.05, 0) is 26.8 Å². The Morgan fingerprint density at radius 3 is 2.83 bits per heavy atom. The Kier molecular flexibility index (Phi) is 4.86. The third-order valence-corrected chi connectivity index (χ3v) is 4.27. The van der Waals surface area contributed by atoms with Crippen LogP contribution in [0.3, 0.4) is 0 Å². The molecule has 1 N–H and O–H groups in total. The van der Waals surface area contributed by atoms with E-state index in [9.17, 15) is 0 Å². The number of benzene rings is 1. The van der Waals surface area contributed by atoms with E-state index in [4.69, 9.17) is 9.47 Å². The van der Waals surface area contributed by atoms with Gasteiger partial charge in [-0.3, -0.25) is 4.90 Å². The van der Waals surface area contributed by atoms with E-state index in [1.165, 1.54) is 17.0 Å². The van der Waals surface area contributed by atoms with E-state index >= 15 is 0 Å². The van der Waals surface area contributed by atoms with Crippen LogP contribution in [0.25, 0.3) is 0 Å². The molecule has 2 aromatic rings. The minimum Gasteiger partial charge on any atom is -0.493 e. The zero-order valence-electron chi connectivity index (χ0n) is 14.2. The summed E-state index contributed by atoms with van der Waals surface area (Å²) in [5.74, 6) is 1.88. The maximum absolute atomic E-state index is 5.92. The largest absolute Gasteiger partial charge is 0.493 e. The highest BCUT2D eigenvalue weighted by atomic mass is 16.5. The minimum absolute atomic E-state index is 0.661. The summed E-state index contributed by atoms with van der Waals surface area (Å²) in [6.07, 6.45) is 2.79. The third kappa shape index (κ3) is 3.34. The molecule has 1 aromatic heterocycles. The summed E-state index contributed by atoms with van der Waals surface area (Å²) in [7, 11) is 0. The van der Waals surface area contributed by atoms with Gasteiger partial charge in [-0.2, -0.15) is 0 Å². The topological polar surface area (TPSA) is 50.4 Å². The fourth-order valence-corrected chi connectivity index (χ4v) is 3.16. The van der Waals surface area contributed by atoms with Crippen molar-refractivity contribution >= 4 is 0 Å². The normalized spacial score (nSPS) is 14.6. The molecule has 3 rings (SSSR count). The molecule has 2 heterocycles. The molecular formula is C18H25N3O2. The van der Waals surface area contributed by atoms with Crippen LogP contribution >= 0.6 is 0 Å². The molecule has 0 saturated heterocycles. The molecule has 0 bridgehead atoms. The van der Waals surface area contributed by atoms with Crippen LogP contribution in [0.15, 0.2) is 18.5 Å². The highest BCUT2D eigenvalue weighted by Crippen LogP contribution is 2.33. The molecular weight excluding hydrogens is 290 g/mol. The van der Waals surface area contributed by atoms with Crippen LogP contribution in [0.2, 0.25) is 0 Å². The predicted molar refractivity (Wildman–Crippen MR) is 89.9 cm³/mol. The first kappa shape index (κ1) is 15.9. The zero-order chi connectivity index (χ0) is 16.2. The molecule has 1 aromatic carbocycles. The van der Waals surface area contributed by atoms with Crippen molar-refractivity contribution in [3.63, 3.8) is 0 Å². The molecule has 1 aliphatic rings. The number of nitrogens with one attached hydrogen (secondary N) is 1. The lowest BCUT2D eigenvalue weighted by Crippen LogP contribution is -2.30. The summed E-state index contributed by atoms with van der Waals surface area (Å²) in [5.41, 5.74) is 4.74. The molecule has 1 aliphatic heterocycles. The van der Waals surface area contributed by atoms with E-state index < -0.39 is 0 Å². The quantitative estimate of drug-likeness (QED) is 0.890. The van der Waals surface area contributed by atoms with Crippen molar-refractivity contribution in [2.75, 3.05) is 19.8 Å². The Hall–Kier alpha value is -2.01. The lowest BCUT2D eigenvalue weighted by atomic mass is 10.1. The molecule has 0 saturated carbocycles. The summed E-state index contributed by atoms with van der Waals surface area (Å²) in [6.45, 7) is 10.2. The molecule has 0 radical (unpaired) electrons. The molecule has 0 atom stereocenters. The number of H-pyrrole nitrogens is 1. The van der Waals surface area contributed by atoms with Crippen molar-refractivity contribution in [2.24, 2.45) is 0 Å². The first-order valence-corrected chi connectivity index (χ1v) is 8.34. The number of imidazole rings is 1. The van der Waals surface area contributed by atoms with Crippen LogP contribution in [0.1, 0.15) is 36.4 Å². The maximum Gasteiger partial charge on any atom is 0.130 e. The lowest BCUT2D eigenvalue weighted by molar-refractivity contribution is 0.234. The van der Waals surface area contributed by atoms with Crippen LogP contribution in [-0.2, 0) is 19.5 Å². The van der Waals surface area contributed by atoms with Gasteiger partial charge in [-0.15, -0.1) is 0 Å². The highest BCUT2D eigenvalue weighted by Gasteiger charge is 2.20. The summed E-state index contributed by atoms with van der Waals surface area (Å²) >= 11 is 0. The number of rotatable bonds is 6. The summed E-state index contributed by atoms with van der Waals surface area (Å²) in [6, 6.07) is 4.19. The van der Waals surface area contributed by atoms with E-state index in [1.807, 2.05) is 13.8 Å². The number of fused-ring (bicyclic) bond motifs is 1. The molecule has 0 spiro atoms. The monoisotopic (exact) mass is 315 g/mol. The molecule has 5 heteroatoms. The second kappa shape index (κ2) is 7.04. The number of hydrogen-bond acceptors (Lipinski definition) is 4. The van der Waals surface area contributed by atoms with Gasteiger partial charge < -0.3 is 14.5 Å². The van der Waals surface area contributed by atoms with Crippen LogP contribution in [0.4, 0.5) is 0 Å². The second-order valence-corrected chi connectivity index (χ2v) is 5.83. The highest BCUT2D eigenvalue weighted by molar-refractivity contribution is 5.49. The van der Waals surface area contributed by atoms with Gasteiger partial charge in [0.15, 0.2) is 0 Å².